The van der Waals surface area contributed by atoms with E-state index < -0.39 is 0 Å². The third-order valence-electron chi connectivity index (χ3n) is 3.15. The first-order valence-electron chi connectivity index (χ1n) is 6.37. The highest BCUT2D eigenvalue weighted by molar-refractivity contribution is 7.99. The zero-order valence-electron chi connectivity index (χ0n) is 11.1. The molecule has 20 heavy (non-hydrogen) atoms. The van der Waals surface area contributed by atoms with E-state index in [2.05, 4.69) is 4.98 Å². The Hall–Kier alpha value is -2.07. The average molecular weight is 282 g/mol. The van der Waals surface area contributed by atoms with Crippen molar-refractivity contribution in [3.8, 4) is 0 Å². The molecule has 0 radical (unpaired) electrons. The van der Waals surface area contributed by atoms with Crippen LogP contribution in [0.4, 0.5) is 0 Å². The minimum atomic E-state index is 0.123. The fourth-order valence-corrected chi connectivity index (χ4v) is 2.85. The van der Waals surface area contributed by atoms with Crippen LogP contribution in [0.2, 0.25) is 0 Å². The molecule has 0 aliphatic heterocycles. The van der Waals surface area contributed by atoms with E-state index in [1.807, 2.05) is 66.3 Å². The van der Waals surface area contributed by atoms with E-state index >= 15 is 0 Å². The number of carbonyl (C=O) groups excluding carboxylic acids is 1. The molecule has 3 aromatic rings. The first-order chi connectivity index (χ1) is 9.74. The van der Waals surface area contributed by atoms with Gasteiger partial charge in [-0.05, 0) is 24.3 Å². The summed E-state index contributed by atoms with van der Waals surface area (Å²) in [4.78, 5) is 16.6. The predicted molar refractivity (Wildman–Crippen MR) is 82.2 cm³/mol. The minimum absolute atomic E-state index is 0.123. The van der Waals surface area contributed by atoms with Crippen LogP contribution in [-0.4, -0.2) is 21.1 Å². The van der Waals surface area contributed by atoms with Crippen molar-refractivity contribution < 1.29 is 4.79 Å². The highest BCUT2D eigenvalue weighted by atomic mass is 32.2. The second kappa shape index (κ2) is 5.51. The Kier molecular flexibility index (Phi) is 3.56. The molecule has 1 aromatic carbocycles. The number of fused-ring (bicyclic) bond motifs is 1. The number of Topliss-reactive ketones (excluding diaryl/α,β-unsaturated/α-hetero) is 1. The van der Waals surface area contributed by atoms with Crippen LogP contribution in [0.15, 0.2) is 59.8 Å². The van der Waals surface area contributed by atoms with Crippen LogP contribution >= 0.6 is 11.8 Å². The molecule has 0 bridgehead atoms. The lowest BCUT2D eigenvalue weighted by molar-refractivity contribution is 0.101. The van der Waals surface area contributed by atoms with Crippen LogP contribution in [0.5, 0.6) is 0 Å². The molecular weight excluding hydrogens is 268 g/mol. The second-order valence-electron chi connectivity index (χ2n) is 4.56. The number of para-hydroxylation sites is 1. The molecule has 100 valence electrons. The molecule has 2 aromatic heterocycles. The van der Waals surface area contributed by atoms with Gasteiger partial charge in [-0.15, -0.1) is 0 Å². The van der Waals surface area contributed by atoms with Crippen LogP contribution in [-0.2, 0) is 7.05 Å². The van der Waals surface area contributed by atoms with Gasteiger partial charge >= 0.3 is 0 Å². The van der Waals surface area contributed by atoms with E-state index in [1.54, 1.807) is 0 Å². The quantitative estimate of drug-likeness (QED) is 0.542. The number of pyridine rings is 1. The fourth-order valence-electron chi connectivity index (χ4n) is 2.09. The summed E-state index contributed by atoms with van der Waals surface area (Å²) >= 11 is 1.48. The first-order valence-corrected chi connectivity index (χ1v) is 7.36. The van der Waals surface area contributed by atoms with Gasteiger partial charge in [0.1, 0.15) is 0 Å². The number of hydrogen-bond acceptors (Lipinski definition) is 3. The lowest BCUT2D eigenvalue weighted by Crippen LogP contribution is -2.07. The van der Waals surface area contributed by atoms with Crippen molar-refractivity contribution in [1.82, 2.24) is 9.55 Å². The highest BCUT2D eigenvalue weighted by Gasteiger charge is 2.10. The number of rotatable bonds is 4. The van der Waals surface area contributed by atoms with E-state index in [9.17, 15) is 4.79 Å². The molecule has 4 heteroatoms. The molecule has 0 spiro atoms. The summed E-state index contributed by atoms with van der Waals surface area (Å²) < 4.78 is 1.84. The summed E-state index contributed by atoms with van der Waals surface area (Å²) in [6, 6.07) is 15.7. The number of aromatic nitrogens is 2. The first kappa shape index (κ1) is 12.9. The van der Waals surface area contributed by atoms with Gasteiger partial charge in [0.05, 0.1) is 22.0 Å². The van der Waals surface area contributed by atoms with Gasteiger partial charge in [0.25, 0.3) is 0 Å². The summed E-state index contributed by atoms with van der Waals surface area (Å²) in [5, 5.41) is 2.00. The molecular formula is C16H14N2OS. The van der Waals surface area contributed by atoms with E-state index in [0.717, 1.165) is 21.6 Å². The van der Waals surface area contributed by atoms with E-state index in [0.29, 0.717) is 5.75 Å². The second-order valence-corrected chi connectivity index (χ2v) is 5.55. The average Bonchev–Trinajstić information content (AvgIpc) is 2.91. The summed E-state index contributed by atoms with van der Waals surface area (Å²) in [6.07, 6.45) is 1.88. The van der Waals surface area contributed by atoms with Crippen LogP contribution in [0.1, 0.15) is 10.5 Å². The molecule has 0 atom stereocenters. The van der Waals surface area contributed by atoms with Crippen LogP contribution in [0.3, 0.4) is 0 Å². The number of carbonyl (C=O) groups is 1. The third kappa shape index (κ3) is 2.60. The van der Waals surface area contributed by atoms with Gasteiger partial charge in [0, 0.05) is 18.6 Å². The molecule has 2 heterocycles. The summed E-state index contributed by atoms with van der Waals surface area (Å²) in [5.74, 6) is 0.529. The maximum Gasteiger partial charge on any atom is 0.189 e. The number of benzene rings is 1. The lowest BCUT2D eigenvalue weighted by atomic mass is 10.2. The van der Waals surface area contributed by atoms with Crippen LogP contribution in [0, 0.1) is 0 Å². The van der Waals surface area contributed by atoms with Gasteiger partial charge in [-0.1, -0.05) is 36.0 Å². The van der Waals surface area contributed by atoms with Gasteiger partial charge in [0.15, 0.2) is 5.78 Å². The molecule has 0 fully saturated rings. The zero-order chi connectivity index (χ0) is 13.9. The summed E-state index contributed by atoms with van der Waals surface area (Å²) in [5.41, 5.74) is 1.70. The molecule has 0 unspecified atom stereocenters. The van der Waals surface area contributed by atoms with Gasteiger partial charge in [-0.25, -0.2) is 4.98 Å². The number of thioether (sulfide) groups is 1. The molecule has 3 nitrogen and oxygen atoms in total. The Bertz CT molecular complexity index is 764. The van der Waals surface area contributed by atoms with Crippen molar-refractivity contribution >= 4 is 28.4 Å². The van der Waals surface area contributed by atoms with Crippen LogP contribution in [0.25, 0.3) is 10.9 Å². The lowest BCUT2D eigenvalue weighted by Gasteiger charge is -2.04. The summed E-state index contributed by atoms with van der Waals surface area (Å²) in [6.45, 7) is 0. The van der Waals surface area contributed by atoms with Crippen molar-refractivity contribution in [2.24, 2.45) is 7.05 Å². The fraction of sp³-hybridized carbons (Fsp3) is 0.125. The van der Waals surface area contributed by atoms with Crippen molar-refractivity contribution in [1.29, 1.82) is 0 Å². The predicted octanol–water partition coefficient (Wildman–Crippen LogP) is 3.55. The van der Waals surface area contributed by atoms with Gasteiger partial charge in [-0.3, -0.25) is 4.79 Å². The molecule has 0 N–H and O–H groups in total. The number of aryl methyl sites for hydroxylation is 1. The van der Waals surface area contributed by atoms with Crippen molar-refractivity contribution in [2.45, 2.75) is 5.03 Å². The third-order valence-corrected chi connectivity index (χ3v) is 4.08. The maximum absolute atomic E-state index is 12.1. The van der Waals surface area contributed by atoms with E-state index in [4.69, 9.17) is 0 Å². The van der Waals surface area contributed by atoms with Crippen molar-refractivity contribution in [3.05, 3.63) is 60.4 Å². The number of ketones is 1. The number of nitrogens with zero attached hydrogens (tertiary/aromatic N) is 2. The Morgan fingerprint density at radius 2 is 2.00 bits per heavy atom. The molecule has 0 saturated carbocycles. The van der Waals surface area contributed by atoms with Gasteiger partial charge < -0.3 is 4.57 Å². The van der Waals surface area contributed by atoms with E-state index in [-0.39, 0.29) is 5.78 Å². The van der Waals surface area contributed by atoms with Crippen molar-refractivity contribution in [2.75, 3.05) is 5.75 Å². The highest BCUT2D eigenvalue weighted by Crippen LogP contribution is 2.20. The Morgan fingerprint density at radius 1 is 1.15 bits per heavy atom. The zero-order valence-corrected chi connectivity index (χ0v) is 11.9. The maximum atomic E-state index is 12.1. The van der Waals surface area contributed by atoms with Gasteiger partial charge in [-0.2, -0.15) is 0 Å². The standard InChI is InChI=1S/C16H14N2OS/c1-18-10-4-7-14(18)15(19)11-20-16-9-8-12-5-2-3-6-13(12)17-16/h2-10H,11H2,1H3. The Balaban J connectivity index is 1.74. The molecule has 0 amide bonds. The van der Waals surface area contributed by atoms with Crippen LogP contribution < -0.4 is 0 Å². The Labute approximate surface area is 121 Å². The van der Waals surface area contributed by atoms with E-state index in [1.165, 1.54) is 11.8 Å². The van der Waals surface area contributed by atoms with Gasteiger partial charge in [0.2, 0.25) is 0 Å². The Morgan fingerprint density at radius 3 is 2.80 bits per heavy atom. The summed E-state index contributed by atoms with van der Waals surface area (Å²) in [7, 11) is 1.88. The molecule has 3 rings (SSSR count). The number of hydrogen-bond donors (Lipinski definition) is 0. The van der Waals surface area contributed by atoms with Crippen molar-refractivity contribution in [3.63, 3.8) is 0 Å². The smallest absolute Gasteiger partial charge is 0.189 e. The molecule has 0 aliphatic carbocycles. The normalized spacial score (nSPS) is 10.8. The SMILES string of the molecule is Cn1cccc1C(=O)CSc1ccc2ccccc2n1. The minimum Gasteiger partial charge on any atom is -0.348 e. The molecule has 0 saturated heterocycles. The topological polar surface area (TPSA) is 34.9 Å². The largest absolute Gasteiger partial charge is 0.348 e. The monoisotopic (exact) mass is 282 g/mol. The molecule has 0 aliphatic rings.